The number of nitrogens with zero attached hydrogens (tertiary/aromatic N) is 2. The van der Waals surface area contributed by atoms with Crippen molar-refractivity contribution in [3.63, 3.8) is 0 Å². The number of aliphatic hydroxyl groups excluding tert-OH is 1. The maximum absolute atomic E-state index is 9.31. The maximum atomic E-state index is 9.31. The molecule has 0 saturated heterocycles. The minimum atomic E-state index is -0.0648. The second-order valence-electron chi connectivity index (χ2n) is 3.45. The van der Waals surface area contributed by atoms with E-state index in [1.807, 2.05) is 19.1 Å². The zero-order valence-corrected chi connectivity index (χ0v) is 9.57. The van der Waals surface area contributed by atoms with E-state index in [1.165, 1.54) is 6.33 Å². The first-order valence-electron chi connectivity index (χ1n) is 4.89. The first-order valence-corrected chi connectivity index (χ1v) is 5.27. The van der Waals surface area contributed by atoms with Crippen molar-refractivity contribution < 1.29 is 5.11 Å². The van der Waals surface area contributed by atoms with Crippen LogP contribution in [0.4, 0.5) is 0 Å². The van der Waals surface area contributed by atoms with Gasteiger partial charge in [0.1, 0.15) is 6.33 Å². The number of benzene rings is 1. The second kappa shape index (κ2) is 4.60. The Morgan fingerprint density at radius 3 is 2.50 bits per heavy atom. The molecule has 0 saturated carbocycles. The average Bonchev–Trinajstić information content (AvgIpc) is 2.30. The maximum Gasteiger partial charge on any atom is 0.116 e. The molecule has 0 amide bonds. The third kappa shape index (κ3) is 2.05. The van der Waals surface area contributed by atoms with E-state index in [1.54, 1.807) is 12.1 Å². The van der Waals surface area contributed by atoms with Gasteiger partial charge in [-0.05, 0) is 19.1 Å². The van der Waals surface area contributed by atoms with E-state index < -0.39 is 0 Å². The van der Waals surface area contributed by atoms with Gasteiger partial charge in [0.15, 0.2) is 0 Å². The molecular formula is C12H11ClN2O. The highest BCUT2D eigenvalue weighted by molar-refractivity contribution is 6.30. The molecule has 2 aromatic rings. The number of hydrogen-bond acceptors (Lipinski definition) is 3. The molecule has 1 N–H and O–H groups in total. The molecule has 1 aromatic heterocycles. The normalized spacial score (nSPS) is 10.4. The lowest BCUT2D eigenvalue weighted by Gasteiger charge is -2.08. The van der Waals surface area contributed by atoms with Crippen LogP contribution < -0.4 is 0 Å². The first kappa shape index (κ1) is 11.0. The number of rotatable bonds is 2. The van der Waals surface area contributed by atoms with Crippen molar-refractivity contribution in [2.24, 2.45) is 0 Å². The molecular weight excluding hydrogens is 224 g/mol. The first-order chi connectivity index (χ1) is 7.72. The topological polar surface area (TPSA) is 46.0 Å². The monoisotopic (exact) mass is 234 g/mol. The molecule has 2 rings (SSSR count). The molecule has 0 aliphatic heterocycles. The Hall–Kier alpha value is -1.45. The van der Waals surface area contributed by atoms with E-state index in [9.17, 15) is 5.11 Å². The largest absolute Gasteiger partial charge is 0.392 e. The van der Waals surface area contributed by atoms with E-state index in [-0.39, 0.29) is 6.61 Å². The van der Waals surface area contributed by atoms with Crippen LogP contribution in [0.15, 0.2) is 30.6 Å². The fourth-order valence-corrected chi connectivity index (χ4v) is 1.67. The van der Waals surface area contributed by atoms with E-state index in [2.05, 4.69) is 9.97 Å². The predicted molar refractivity (Wildman–Crippen MR) is 63.1 cm³/mol. The van der Waals surface area contributed by atoms with Gasteiger partial charge in [0.2, 0.25) is 0 Å². The highest BCUT2D eigenvalue weighted by Gasteiger charge is 2.09. The molecule has 16 heavy (non-hydrogen) atoms. The molecule has 0 radical (unpaired) electrons. The highest BCUT2D eigenvalue weighted by Crippen LogP contribution is 2.24. The van der Waals surface area contributed by atoms with Crippen LogP contribution in [-0.2, 0) is 6.61 Å². The Morgan fingerprint density at radius 2 is 1.88 bits per heavy atom. The minimum absolute atomic E-state index is 0.0648. The minimum Gasteiger partial charge on any atom is -0.392 e. The second-order valence-corrected chi connectivity index (χ2v) is 3.89. The third-order valence-electron chi connectivity index (χ3n) is 2.44. The van der Waals surface area contributed by atoms with E-state index in [0.717, 1.165) is 22.5 Å². The van der Waals surface area contributed by atoms with Crippen LogP contribution in [0.2, 0.25) is 5.02 Å². The molecule has 0 bridgehead atoms. The Morgan fingerprint density at radius 1 is 1.19 bits per heavy atom. The summed E-state index contributed by atoms with van der Waals surface area (Å²) >= 11 is 5.82. The van der Waals surface area contributed by atoms with Crippen molar-refractivity contribution in [3.05, 3.63) is 46.9 Å². The lowest BCUT2D eigenvalue weighted by atomic mass is 10.1. The van der Waals surface area contributed by atoms with E-state index in [4.69, 9.17) is 11.6 Å². The smallest absolute Gasteiger partial charge is 0.116 e. The molecule has 0 atom stereocenters. The molecule has 0 spiro atoms. The average molecular weight is 235 g/mol. The lowest BCUT2D eigenvalue weighted by molar-refractivity contribution is 0.280. The standard InChI is InChI=1S/C12H11ClN2O/c1-8-11(6-16)12(15-7-14-8)9-2-4-10(13)5-3-9/h2-5,7,16H,6H2,1H3. The van der Waals surface area contributed by atoms with Gasteiger partial charge in [-0.15, -0.1) is 0 Å². The van der Waals surface area contributed by atoms with Crippen LogP contribution in [0.1, 0.15) is 11.3 Å². The molecule has 82 valence electrons. The van der Waals surface area contributed by atoms with Crippen LogP contribution in [0.25, 0.3) is 11.3 Å². The number of aromatic nitrogens is 2. The predicted octanol–water partition coefficient (Wildman–Crippen LogP) is 2.60. The zero-order chi connectivity index (χ0) is 11.5. The van der Waals surface area contributed by atoms with Gasteiger partial charge in [-0.25, -0.2) is 9.97 Å². The molecule has 1 aromatic carbocycles. The van der Waals surface area contributed by atoms with Crippen molar-refractivity contribution in [1.29, 1.82) is 0 Å². The molecule has 3 nitrogen and oxygen atoms in total. The summed E-state index contributed by atoms with van der Waals surface area (Å²) < 4.78 is 0. The van der Waals surface area contributed by atoms with Gasteiger partial charge in [-0.1, -0.05) is 23.7 Å². The summed E-state index contributed by atoms with van der Waals surface area (Å²) in [5.74, 6) is 0. The summed E-state index contributed by atoms with van der Waals surface area (Å²) in [6, 6.07) is 7.36. The Balaban J connectivity index is 2.55. The van der Waals surface area contributed by atoms with Gasteiger partial charge in [0, 0.05) is 21.8 Å². The third-order valence-corrected chi connectivity index (χ3v) is 2.69. The van der Waals surface area contributed by atoms with Crippen molar-refractivity contribution in [3.8, 4) is 11.3 Å². The summed E-state index contributed by atoms with van der Waals surface area (Å²) in [6.07, 6.45) is 1.50. The molecule has 0 unspecified atom stereocenters. The summed E-state index contributed by atoms with van der Waals surface area (Å²) in [5.41, 5.74) is 3.23. The Bertz CT molecular complexity index is 497. The van der Waals surface area contributed by atoms with Crippen LogP contribution in [0.5, 0.6) is 0 Å². The fourth-order valence-electron chi connectivity index (χ4n) is 1.55. The van der Waals surface area contributed by atoms with Crippen LogP contribution in [0, 0.1) is 6.92 Å². The summed E-state index contributed by atoms with van der Waals surface area (Å²) in [5, 5.41) is 9.99. The van der Waals surface area contributed by atoms with Gasteiger partial charge in [-0.2, -0.15) is 0 Å². The van der Waals surface area contributed by atoms with Crippen molar-refractivity contribution in [2.45, 2.75) is 13.5 Å². The summed E-state index contributed by atoms with van der Waals surface area (Å²) in [7, 11) is 0. The fraction of sp³-hybridized carbons (Fsp3) is 0.167. The van der Waals surface area contributed by atoms with E-state index >= 15 is 0 Å². The van der Waals surface area contributed by atoms with Gasteiger partial charge in [0.05, 0.1) is 12.3 Å². The molecule has 0 aliphatic carbocycles. The van der Waals surface area contributed by atoms with Crippen LogP contribution >= 0.6 is 11.6 Å². The summed E-state index contributed by atoms with van der Waals surface area (Å²) in [6.45, 7) is 1.79. The quantitative estimate of drug-likeness (QED) is 0.869. The summed E-state index contributed by atoms with van der Waals surface area (Å²) in [4.78, 5) is 8.25. The zero-order valence-electron chi connectivity index (χ0n) is 8.81. The number of hydrogen-bond donors (Lipinski definition) is 1. The van der Waals surface area contributed by atoms with Gasteiger partial charge in [0.25, 0.3) is 0 Å². The SMILES string of the molecule is Cc1ncnc(-c2ccc(Cl)cc2)c1CO. The van der Waals surface area contributed by atoms with Gasteiger partial charge >= 0.3 is 0 Å². The number of halogens is 1. The molecule has 1 heterocycles. The van der Waals surface area contributed by atoms with Crippen LogP contribution in [0.3, 0.4) is 0 Å². The highest BCUT2D eigenvalue weighted by atomic mass is 35.5. The molecule has 0 aliphatic rings. The lowest BCUT2D eigenvalue weighted by Crippen LogP contribution is -1.99. The Kier molecular flexibility index (Phi) is 3.17. The molecule has 4 heteroatoms. The van der Waals surface area contributed by atoms with Crippen molar-refractivity contribution in [1.82, 2.24) is 9.97 Å². The van der Waals surface area contributed by atoms with Crippen LogP contribution in [-0.4, -0.2) is 15.1 Å². The van der Waals surface area contributed by atoms with E-state index in [0.29, 0.717) is 5.02 Å². The Labute approximate surface area is 98.8 Å². The van der Waals surface area contributed by atoms with Gasteiger partial charge in [-0.3, -0.25) is 0 Å². The van der Waals surface area contributed by atoms with Crippen molar-refractivity contribution in [2.75, 3.05) is 0 Å². The molecule has 0 fully saturated rings. The number of aryl methyl sites for hydroxylation is 1. The number of aliphatic hydroxyl groups is 1. The van der Waals surface area contributed by atoms with Gasteiger partial charge < -0.3 is 5.11 Å². The van der Waals surface area contributed by atoms with Crippen molar-refractivity contribution >= 4 is 11.6 Å².